The van der Waals surface area contributed by atoms with Crippen molar-refractivity contribution in [2.75, 3.05) is 6.54 Å². The molecule has 0 spiro atoms. The SMILES string of the molecule is CCCNC(=O)[C@@H](CC)N(Cc1c(Cl)cccc1Cl)C(=O)Cc1ccccc1Cl. The Morgan fingerprint density at radius 2 is 1.59 bits per heavy atom. The van der Waals surface area contributed by atoms with E-state index in [4.69, 9.17) is 34.8 Å². The lowest BCUT2D eigenvalue weighted by molar-refractivity contribution is -0.140. The first-order valence-corrected chi connectivity index (χ1v) is 10.8. The van der Waals surface area contributed by atoms with Crippen LogP contribution in [0.15, 0.2) is 42.5 Å². The molecule has 0 aliphatic carbocycles. The van der Waals surface area contributed by atoms with Crippen molar-refractivity contribution in [2.45, 2.75) is 45.7 Å². The molecule has 2 aromatic rings. The maximum absolute atomic E-state index is 13.3. The van der Waals surface area contributed by atoms with Crippen LogP contribution in [0.2, 0.25) is 15.1 Å². The summed E-state index contributed by atoms with van der Waals surface area (Å²) in [6.45, 7) is 4.54. The normalized spacial score (nSPS) is 11.8. The Morgan fingerprint density at radius 1 is 0.966 bits per heavy atom. The molecule has 0 aliphatic rings. The van der Waals surface area contributed by atoms with E-state index < -0.39 is 6.04 Å². The molecule has 0 saturated carbocycles. The lowest BCUT2D eigenvalue weighted by Crippen LogP contribution is -2.49. The van der Waals surface area contributed by atoms with Crippen LogP contribution in [0.3, 0.4) is 0 Å². The maximum Gasteiger partial charge on any atom is 0.242 e. The molecule has 2 rings (SSSR count). The molecule has 0 aromatic heterocycles. The summed E-state index contributed by atoms with van der Waals surface area (Å²) >= 11 is 18.9. The third-order valence-corrected chi connectivity index (χ3v) is 5.70. The monoisotopic (exact) mass is 454 g/mol. The highest BCUT2D eigenvalue weighted by atomic mass is 35.5. The van der Waals surface area contributed by atoms with Crippen molar-refractivity contribution in [3.05, 3.63) is 68.7 Å². The number of hydrogen-bond acceptors (Lipinski definition) is 2. The number of hydrogen-bond donors (Lipinski definition) is 1. The van der Waals surface area contributed by atoms with Crippen LogP contribution in [0.25, 0.3) is 0 Å². The molecule has 2 aromatic carbocycles. The molecule has 2 amide bonds. The molecule has 0 heterocycles. The number of benzene rings is 2. The molecule has 0 bridgehead atoms. The van der Waals surface area contributed by atoms with Crippen molar-refractivity contribution < 1.29 is 9.59 Å². The Hall–Kier alpha value is -1.75. The van der Waals surface area contributed by atoms with Crippen molar-refractivity contribution in [2.24, 2.45) is 0 Å². The van der Waals surface area contributed by atoms with Crippen LogP contribution in [0.1, 0.15) is 37.8 Å². The van der Waals surface area contributed by atoms with Crippen molar-refractivity contribution >= 4 is 46.6 Å². The highest BCUT2D eigenvalue weighted by Gasteiger charge is 2.29. The number of amides is 2. The molecule has 0 radical (unpaired) electrons. The number of halogens is 3. The predicted molar refractivity (Wildman–Crippen MR) is 120 cm³/mol. The van der Waals surface area contributed by atoms with Gasteiger partial charge in [-0.3, -0.25) is 9.59 Å². The minimum atomic E-state index is -0.635. The Morgan fingerprint density at radius 3 is 2.17 bits per heavy atom. The standard InChI is InChI=1S/C22H25Cl3N2O2/c1-3-12-26-22(29)20(4-2)27(14-16-18(24)10-7-11-19(16)25)21(28)13-15-8-5-6-9-17(15)23/h5-11,20H,3-4,12-14H2,1-2H3,(H,26,29)/t20-/m1/s1. The average Bonchev–Trinajstić information content (AvgIpc) is 2.70. The second kappa shape index (κ2) is 11.4. The van der Waals surface area contributed by atoms with E-state index in [0.717, 1.165) is 6.42 Å². The van der Waals surface area contributed by atoms with Gasteiger partial charge in [0.1, 0.15) is 6.04 Å². The fourth-order valence-electron chi connectivity index (χ4n) is 3.05. The number of nitrogens with zero attached hydrogens (tertiary/aromatic N) is 1. The Labute approximate surface area is 187 Å². The van der Waals surface area contributed by atoms with E-state index in [2.05, 4.69) is 5.32 Å². The van der Waals surface area contributed by atoms with Gasteiger partial charge >= 0.3 is 0 Å². The molecule has 7 heteroatoms. The first kappa shape index (κ1) is 23.5. The zero-order valence-electron chi connectivity index (χ0n) is 16.6. The van der Waals surface area contributed by atoms with Crippen LogP contribution >= 0.6 is 34.8 Å². The van der Waals surface area contributed by atoms with Gasteiger partial charge in [0.05, 0.1) is 6.42 Å². The van der Waals surface area contributed by atoms with Gasteiger partial charge in [-0.1, -0.05) is 72.9 Å². The third-order valence-electron chi connectivity index (χ3n) is 4.62. The zero-order valence-corrected chi connectivity index (χ0v) is 18.8. The fourth-order valence-corrected chi connectivity index (χ4v) is 3.76. The van der Waals surface area contributed by atoms with E-state index in [0.29, 0.717) is 39.2 Å². The fraction of sp³-hybridized carbons (Fsp3) is 0.364. The highest BCUT2D eigenvalue weighted by molar-refractivity contribution is 6.36. The second-order valence-electron chi connectivity index (χ2n) is 6.71. The van der Waals surface area contributed by atoms with Gasteiger partial charge in [0.15, 0.2) is 0 Å². The van der Waals surface area contributed by atoms with E-state index >= 15 is 0 Å². The van der Waals surface area contributed by atoms with Gasteiger partial charge in [0, 0.05) is 33.7 Å². The first-order chi connectivity index (χ1) is 13.9. The van der Waals surface area contributed by atoms with Gasteiger partial charge in [-0.05, 0) is 36.6 Å². The molecule has 0 fully saturated rings. The largest absolute Gasteiger partial charge is 0.354 e. The minimum Gasteiger partial charge on any atom is -0.354 e. The number of carbonyl (C=O) groups excluding carboxylic acids is 2. The topological polar surface area (TPSA) is 49.4 Å². The van der Waals surface area contributed by atoms with Gasteiger partial charge in [-0.15, -0.1) is 0 Å². The van der Waals surface area contributed by atoms with Gasteiger partial charge < -0.3 is 10.2 Å². The predicted octanol–water partition coefficient (Wildman–Crippen LogP) is 5.52. The van der Waals surface area contributed by atoms with E-state index in [1.54, 1.807) is 35.2 Å². The van der Waals surface area contributed by atoms with Crippen molar-refractivity contribution in [1.82, 2.24) is 10.2 Å². The first-order valence-electron chi connectivity index (χ1n) is 9.62. The van der Waals surface area contributed by atoms with Crippen LogP contribution < -0.4 is 5.32 Å². The third kappa shape index (κ3) is 6.36. The van der Waals surface area contributed by atoms with Crippen LogP contribution in [0.5, 0.6) is 0 Å². The quantitative estimate of drug-likeness (QED) is 0.541. The van der Waals surface area contributed by atoms with Crippen LogP contribution in [0.4, 0.5) is 0 Å². The summed E-state index contributed by atoms with van der Waals surface area (Å²) in [4.78, 5) is 27.6. The van der Waals surface area contributed by atoms with E-state index in [-0.39, 0.29) is 24.8 Å². The molecule has 156 valence electrons. The zero-order chi connectivity index (χ0) is 21.4. The summed E-state index contributed by atoms with van der Waals surface area (Å²) in [5.41, 5.74) is 1.32. The molecule has 0 unspecified atom stereocenters. The number of nitrogens with one attached hydrogen (secondary N) is 1. The van der Waals surface area contributed by atoms with Crippen LogP contribution in [-0.4, -0.2) is 29.3 Å². The molecule has 0 saturated heterocycles. The van der Waals surface area contributed by atoms with Crippen LogP contribution in [-0.2, 0) is 22.6 Å². The summed E-state index contributed by atoms with van der Waals surface area (Å²) in [6.07, 6.45) is 1.36. The van der Waals surface area contributed by atoms with Gasteiger partial charge in [0.2, 0.25) is 11.8 Å². The van der Waals surface area contributed by atoms with Gasteiger partial charge in [0.25, 0.3) is 0 Å². The average molecular weight is 456 g/mol. The summed E-state index contributed by atoms with van der Waals surface area (Å²) in [5, 5.41) is 4.31. The molecule has 4 nitrogen and oxygen atoms in total. The lowest BCUT2D eigenvalue weighted by atomic mass is 10.1. The Balaban J connectivity index is 2.36. The Bertz CT molecular complexity index is 837. The smallest absolute Gasteiger partial charge is 0.242 e. The molecular weight excluding hydrogens is 431 g/mol. The summed E-state index contributed by atoms with van der Waals surface area (Å²) in [6, 6.07) is 11.7. The maximum atomic E-state index is 13.3. The van der Waals surface area contributed by atoms with Gasteiger partial charge in [-0.2, -0.15) is 0 Å². The molecule has 0 aliphatic heterocycles. The minimum absolute atomic E-state index is 0.0826. The highest BCUT2D eigenvalue weighted by Crippen LogP contribution is 2.27. The molecule has 29 heavy (non-hydrogen) atoms. The van der Waals surface area contributed by atoms with E-state index in [9.17, 15) is 9.59 Å². The summed E-state index contributed by atoms with van der Waals surface area (Å²) in [5.74, 6) is -0.405. The van der Waals surface area contributed by atoms with Crippen LogP contribution in [0, 0.1) is 0 Å². The van der Waals surface area contributed by atoms with Crippen molar-refractivity contribution in [3.63, 3.8) is 0 Å². The molecule has 1 N–H and O–H groups in total. The van der Waals surface area contributed by atoms with Gasteiger partial charge in [-0.25, -0.2) is 0 Å². The van der Waals surface area contributed by atoms with E-state index in [1.165, 1.54) is 0 Å². The van der Waals surface area contributed by atoms with Crippen molar-refractivity contribution in [1.29, 1.82) is 0 Å². The lowest BCUT2D eigenvalue weighted by Gasteiger charge is -2.31. The molecular formula is C22H25Cl3N2O2. The Kier molecular flexibility index (Phi) is 9.28. The summed E-state index contributed by atoms with van der Waals surface area (Å²) in [7, 11) is 0. The van der Waals surface area contributed by atoms with E-state index in [1.807, 2.05) is 26.0 Å². The number of rotatable bonds is 9. The van der Waals surface area contributed by atoms with Crippen molar-refractivity contribution in [3.8, 4) is 0 Å². The second-order valence-corrected chi connectivity index (χ2v) is 7.93. The summed E-state index contributed by atoms with van der Waals surface area (Å²) < 4.78 is 0. The number of carbonyl (C=O) groups is 2. The molecule has 1 atom stereocenters.